The van der Waals surface area contributed by atoms with Crippen molar-refractivity contribution in [2.24, 2.45) is 0 Å². The van der Waals surface area contributed by atoms with Crippen molar-refractivity contribution in [3.8, 4) is 0 Å². The first-order valence-electron chi connectivity index (χ1n) is 6.74. The van der Waals surface area contributed by atoms with Crippen LogP contribution in [0.2, 0.25) is 0 Å². The average Bonchev–Trinajstić information content (AvgIpc) is 2.89. The van der Waals surface area contributed by atoms with Gasteiger partial charge in [-0.25, -0.2) is 9.37 Å². The molecule has 0 radical (unpaired) electrons. The van der Waals surface area contributed by atoms with Crippen molar-refractivity contribution >= 4 is 5.91 Å². The monoisotopic (exact) mass is 273 g/mol. The fourth-order valence-electron chi connectivity index (χ4n) is 2.59. The molecule has 2 heterocycles. The summed E-state index contributed by atoms with van der Waals surface area (Å²) in [6.45, 7) is 0.861. The molecule has 0 bridgehead atoms. The van der Waals surface area contributed by atoms with Gasteiger partial charge >= 0.3 is 0 Å². The van der Waals surface area contributed by atoms with Crippen LogP contribution in [0.5, 0.6) is 0 Å². The van der Waals surface area contributed by atoms with E-state index < -0.39 is 0 Å². The van der Waals surface area contributed by atoms with E-state index in [4.69, 9.17) is 0 Å². The molecular weight excluding hydrogens is 257 g/mol. The van der Waals surface area contributed by atoms with Crippen molar-refractivity contribution in [3.05, 3.63) is 53.9 Å². The molecule has 0 saturated carbocycles. The van der Waals surface area contributed by atoms with Crippen LogP contribution in [0.1, 0.15) is 17.7 Å². The summed E-state index contributed by atoms with van der Waals surface area (Å²) >= 11 is 0. The van der Waals surface area contributed by atoms with E-state index in [9.17, 15) is 9.18 Å². The summed E-state index contributed by atoms with van der Waals surface area (Å²) in [6.07, 6.45) is 5.39. The second kappa shape index (κ2) is 5.45. The second-order valence-electron chi connectivity index (χ2n) is 5.10. The number of nitrogens with zero attached hydrogens (tertiary/aromatic N) is 2. The topological polar surface area (TPSA) is 46.9 Å². The lowest BCUT2D eigenvalue weighted by molar-refractivity contribution is -0.121. The number of imidazole rings is 1. The zero-order valence-corrected chi connectivity index (χ0v) is 11.1. The molecule has 0 aliphatic carbocycles. The number of fused-ring (bicyclic) bond motifs is 1. The lowest BCUT2D eigenvalue weighted by atomic mass is 10.0. The maximum atomic E-state index is 13.5. The number of rotatable bonds is 3. The minimum absolute atomic E-state index is 0.0857. The van der Waals surface area contributed by atoms with Crippen LogP contribution in [0.25, 0.3) is 0 Å². The van der Waals surface area contributed by atoms with Crippen LogP contribution in [-0.2, 0) is 24.2 Å². The number of hydrogen-bond donors (Lipinski definition) is 1. The molecule has 1 aliphatic heterocycles. The van der Waals surface area contributed by atoms with E-state index in [1.54, 1.807) is 18.2 Å². The minimum atomic E-state index is -0.329. The molecule has 1 aromatic heterocycles. The lowest BCUT2D eigenvalue weighted by Crippen LogP contribution is -2.40. The molecule has 4 nitrogen and oxygen atoms in total. The molecule has 1 unspecified atom stereocenters. The van der Waals surface area contributed by atoms with E-state index in [2.05, 4.69) is 14.9 Å². The van der Waals surface area contributed by atoms with Crippen LogP contribution < -0.4 is 5.32 Å². The number of nitrogens with one attached hydrogen (secondary N) is 1. The highest BCUT2D eigenvalue weighted by molar-refractivity contribution is 5.78. The number of amides is 1. The van der Waals surface area contributed by atoms with Crippen molar-refractivity contribution in [2.75, 3.05) is 0 Å². The number of aromatic nitrogens is 2. The van der Waals surface area contributed by atoms with E-state index in [1.165, 1.54) is 6.07 Å². The van der Waals surface area contributed by atoms with Crippen molar-refractivity contribution in [1.29, 1.82) is 0 Å². The Labute approximate surface area is 116 Å². The molecule has 20 heavy (non-hydrogen) atoms. The van der Waals surface area contributed by atoms with Gasteiger partial charge in [0, 0.05) is 30.9 Å². The predicted octanol–water partition coefficient (Wildman–Crippen LogP) is 1.70. The maximum Gasteiger partial charge on any atom is 0.224 e. The summed E-state index contributed by atoms with van der Waals surface area (Å²) in [7, 11) is 0. The van der Waals surface area contributed by atoms with Crippen LogP contribution in [0, 0.1) is 5.82 Å². The number of aryl methyl sites for hydroxylation is 1. The van der Waals surface area contributed by atoms with Gasteiger partial charge in [0.2, 0.25) is 5.91 Å². The van der Waals surface area contributed by atoms with Gasteiger partial charge in [0.1, 0.15) is 5.82 Å². The first kappa shape index (κ1) is 12.8. The molecule has 1 amide bonds. The van der Waals surface area contributed by atoms with E-state index >= 15 is 0 Å². The quantitative estimate of drug-likeness (QED) is 0.925. The third-order valence-electron chi connectivity index (χ3n) is 3.65. The summed E-state index contributed by atoms with van der Waals surface area (Å²) in [5, 5.41) is 2.98. The smallest absolute Gasteiger partial charge is 0.224 e. The first-order valence-corrected chi connectivity index (χ1v) is 6.74. The number of carbonyl (C=O) groups is 1. The van der Waals surface area contributed by atoms with Gasteiger partial charge < -0.3 is 9.88 Å². The Bertz CT molecular complexity index is 623. The molecule has 1 atom stereocenters. The Kier molecular flexibility index (Phi) is 3.50. The second-order valence-corrected chi connectivity index (χ2v) is 5.10. The van der Waals surface area contributed by atoms with Gasteiger partial charge in [-0.3, -0.25) is 4.79 Å². The highest BCUT2D eigenvalue weighted by atomic mass is 19.1. The van der Waals surface area contributed by atoms with Gasteiger partial charge in [-0.1, -0.05) is 18.2 Å². The summed E-state index contributed by atoms with van der Waals surface area (Å²) in [4.78, 5) is 16.1. The molecule has 0 spiro atoms. The fourth-order valence-corrected chi connectivity index (χ4v) is 2.59. The van der Waals surface area contributed by atoms with E-state index in [1.807, 2.05) is 12.5 Å². The fraction of sp³-hybridized carbons (Fsp3) is 0.333. The van der Waals surface area contributed by atoms with Crippen molar-refractivity contribution in [2.45, 2.75) is 31.8 Å². The summed E-state index contributed by atoms with van der Waals surface area (Å²) < 4.78 is 15.6. The largest absolute Gasteiger partial charge is 0.353 e. The normalized spacial score (nSPS) is 17.6. The molecular formula is C15H16FN3O. The zero-order chi connectivity index (χ0) is 13.9. The van der Waals surface area contributed by atoms with Crippen LogP contribution in [0.3, 0.4) is 0 Å². The molecule has 104 valence electrons. The number of halogens is 1. The average molecular weight is 273 g/mol. The Morgan fingerprint density at radius 1 is 1.45 bits per heavy atom. The van der Waals surface area contributed by atoms with E-state index in [-0.39, 0.29) is 24.2 Å². The molecule has 0 fully saturated rings. The Balaban J connectivity index is 1.59. The Hall–Kier alpha value is -2.17. The Morgan fingerprint density at radius 2 is 2.30 bits per heavy atom. The van der Waals surface area contributed by atoms with Gasteiger partial charge in [-0.15, -0.1) is 0 Å². The number of carbonyl (C=O) groups excluding carboxylic acids is 1. The predicted molar refractivity (Wildman–Crippen MR) is 72.6 cm³/mol. The zero-order valence-electron chi connectivity index (χ0n) is 11.1. The van der Waals surface area contributed by atoms with Gasteiger partial charge in [0.05, 0.1) is 12.7 Å². The summed E-state index contributed by atoms with van der Waals surface area (Å²) in [6, 6.07) is 6.50. The third-order valence-corrected chi connectivity index (χ3v) is 3.65. The molecule has 2 aromatic rings. The van der Waals surface area contributed by atoms with Crippen LogP contribution >= 0.6 is 0 Å². The van der Waals surface area contributed by atoms with E-state index in [0.29, 0.717) is 5.56 Å². The molecule has 5 heteroatoms. The number of benzene rings is 1. The number of hydrogen-bond acceptors (Lipinski definition) is 2. The van der Waals surface area contributed by atoms with Crippen LogP contribution in [0.4, 0.5) is 4.39 Å². The lowest BCUT2D eigenvalue weighted by Gasteiger charge is -2.24. The van der Waals surface area contributed by atoms with Gasteiger partial charge in [0.25, 0.3) is 0 Å². The Morgan fingerprint density at radius 3 is 3.15 bits per heavy atom. The van der Waals surface area contributed by atoms with Crippen LogP contribution in [0.15, 0.2) is 36.8 Å². The van der Waals surface area contributed by atoms with Crippen molar-refractivity contribution < 1.29 is 9.18 Å². The highest BCUT2D eigenvalue weighted by Gasteiger charge is 2.20. The molecule has 1 aromatic carbocycles. The first-order chi connectivity index (χ1) is 9.72. The van der Waals surface area contributed by atoms with Gasteiger partial charge in [0.15, 0.2) is 0 Å². The van der Waals surface area contributed by atoms with Gasteiger partial charge in [-0.2, -0.15) is 0 Å². The molecule has 1 N–H and O–H groups in total. The van der Waals surface area contributed by atoms with Gasteiger partial charge in [-0.05, 0) is 18.1 Å². The summed E-state index contributed by atoms with van der Waals surface area (Å²) in [5.41, 5.74) is 1.57. The maximum absolute atomic E-state index is 13.5. The van der Waals surface area contributed by atoms with Crippen molar-refractivity contribution in [1.82, 2.24) is 14.9 Å². The molecule has 0 saturated heterocycles. The SMILES string of the molecule is O=C(Cc1ccccc1F)NC1CCn2cncc2C1. The molecule has 1 aliphatic rings. The molecule has 3 rings (SSSR count). The van der Waals surface area contributed by atoms with Crippen molar-refractivity contribution in [3.63, 3.8) is 0 Å². The third kappa shape index (κ3) is 2.71. The highest BCUT2D eigenvalue weighted by Crippen LogP contribution is 2.14. The minimum Gasteiger partial charge on any atom is -0.353 e. The van der Waals surface area contributed by atoms with E-state index in [0.717, 1.165) is 25.1 Å². The van der Waals surface area contributed by atoms with Crippen LogP contribution in [-0.4, -0.2) is 21.5 Å². The standard InChI is InChI=1S/C15H16FN3O/c16-14-4-2-1-3-11(14)7-15(20)18-12-5-6-19-10-17-9-13(19)8-12/h1-4,9-10,12H,5-8H2,(H,18,20). The summed E-state index contributed by atoms with van der Waals surface area (Å²) in [5.74, 6) is -0.461.